The van der Waals surface area contributed by atoms with Crippen molar-refractivity contribution in [2.75, 3.05) is 5.32 Å². The van der Waals surface area contributed by atoms with E-state index in [1.165, 1.54) is 0 Å². The highest BCUT2D eigenvalue weighted by molar-refractivity contribution is 9.10. The Balaban J connectivity index is 2.42. The minimum Gasteiger partial charge on any atom is -0.340 e. The highest BCUT2D eigenvalue weighted by Gasteiger charge is 2.12. The molecule has 0 unspecified atom stereocenters. The van der Waals surface area contributed by atoms with Crippen molar-refractivity contribution in [1.82, 2.24) is 9.97 Å². The minimum absolute atomic E-state index is 0.236. The highest BCUT2D eigenvalue weighted by atomic mass is 79.9. The van der Waals surface area contributed by atoms with Gasteiger partial charge in [0.15, 0.2) is 0 Å². The number of aryl methyl sites for hydroxylation is 1. The van der Waals surface area contributed by atoms with Gasteiger partial charge in [-0.1, -0.05) is 41.4 Å². The van der Waals surface area contributed by atoms with Gasteiger partial charge >= 0.3 is 0 Å². The summed E-state index contributed by atoms with van der Waals surface area (Å²) in [5.41, 5.74) is 3.01. The van der Waals surface area contributed by atoms with Gasteiger partial charge in [-0.15, -0.1) is 0 Å². The number of benzene rings is 1. The predicted molar refractivity (Wildman–Crippen MR) is 88.0 cm³/mol. The number of anilines is 2. The Hall–Kier alpha value is -1.13. The molecule has 5 heteroatoms. The number of aromatic nitrogens is 2. The van der Waals surface area contributed by atoms with Crippen LogP contribution >= 0.6 is 27.5 Å². The fraction of sp³-hybridized carbons (Fsp3) is 0.333. The molecular weight excluding hydrogens is 338 g/mol. The van der Waals surface area contributed by atoms with E-state index in [2.05, 4.69) is 58.1 Å². The van der Waals surface area contributed by atoms with Gasteiger partial charge in [-0.25, -0.2) is 9.97 Å². The molecule has 0 fully saturated rings. The normalized spacial score (nSPS) is 10.9. The lowest BCUT2D eigenvalue weighted by Crippen LogP contribution is -2.05. The third-order valence-electron chi connectivity index (χ3n) is 3.06. The van der Waals surface area contributed by atoms with Gasteiger partial charge in [0.05, 0.1) is 0 Å². The van der Waals surface area contributed by atoms with Crippen molar-refractivity contribution in [3.63, 3.8) is 0 Å². The van der Waals surface area contributed by atoms with Crippen LogP contribution in [0.15, 0.2) is 22.7 Å². The molecule has 1 aromatic carbocycles. The van der Waals surface area contributed by atoms with Gasteiger partial charge in [0.1, 0.15) is 16.8 Å². The zero-order valence-electron chi connectivity index (χ0n) is 12.0. The summed E-state index contributed by atoms with van der Waals surface area (Å²) in [6, 6.07) is 6.07. The van der Waals surface area contributed by atoms with Crippen molar-refractivity contribution < 1.29 is 0 Å². The smallest absolute Gasteiger partial charge is 0.138 e. The molecule has 0 saturated heterocycles. The Kier molecular flexibility index (Phi) is 4.66. The van der Waals surface area contributed by atoms with Crippen molar-refractivity contribution >= 4 is 39.0 Å². The molecular formula is C15H17BrClN3. The van der Waals surface area contributed by atoms with Crippen molar-refractivity contribution in [2.45, 2.75) is 33.6 Å². The summed E-state index contributed by atoms with van der Waals surface area (Å²) in [5, 5.41) is 3.85. The standard InChI is InChI=1S/C15H17BrClN3/c1-8(2)14-19-13(17)10(4)15(20-14)18-12-6-5-11(16)7-9(12)3/h5-8H,1-4H3,(H,18,19,20). The second kappa shape index (κ2) is 6.10. The molecule has 0 aliphatic rings. The van der Waals surface area contributed by atoms with E-state index in [0.29, 0.717) is 5.15 Å². The quantitative estimate of drug-likeness (QED) is 0.752. The number of hydrogen-bond donors (Lipinski definition) is 1. The summed E-state index contributed by atoms with van der Waals surface area (Å²) in [6.07, 6.45) is 0. The van der Waals surface area contributed by atoms with Gasteiger partial charge in [-0.2, -0.15) is 0 Å². The topological polar surface area (TPSA) is 37.8 Å². The monoisotopic (exact) mass is 353 g/mol. The number of hydrogen-bond acceptors (Lipinski definition) is 3. The van der Waals surface area contributed by atoms with Crippen LogP contribution in [0, 0.1) is 13.8 Å². The van der Waals surface area contributed by atoms with E-state index >= 15 is 0 Å². The third kappa shape index (κ3) is 3.30. The first-order chi connectivity index (χ1) is 9.38. The minimum atomic E-state index is 0.236. The summed E-state index contributed by atoms with van der Waals surface area (Å²) in [5.74, 6) is 1.75. The lowest BCUT2D eigenvalue weighted by atomic mass is 10.2. The molecule has 0 atom stereocenters. The number of nitrogens with zero attached hydrogens (tertiary/aromatic N) is 2. The van der Waals surface area contributed by atoms with Crippen LogP contribution in [-0.2, 0) is 0 Å². The number of nitrogens with one attached hydrogen (secondary N) is 1. The van der Waals surface area contributed by atoms with Crippen molar-refractivity contribution in [3.05, 3.63) is 44.8 Å². The highest BCUT2D eigenvalue weighted by Crippen LogP contribution is 2.28. The van der Waals surface area contributed by atoms with Crippen LogP contribution in [0.25, 0.3) is 0 Å². The third-order valence-corrected chi connectivity index (χ3v) is 3.92. The van der Waals surface area contributed by atoms with E-state index < -0.39 is 0 Å². The molecule has 1 aromatic heterocycles. The summed E-state index contributed by atoms with van der Waals surface area (Å²) < 4.78 is 1.06. The maximum atomic E-state index is 6.20. The van der Waals surface area contributed by atoms with Crippen LogP contribution < -0.4 is 5.32 Å². The molecule has 3 nitrogen and oxygen atoms in total. The molecule has 0 aliphatic heterocycles. The molecule has 1 heterocycles. The summed E-state index contributed by atoms with van der Waals surface area (Å²) in [6.45, 7) is 8.07. The van der Waals surface area contributed by atoms with E-state index in [9.17, 15) is 0 Å². The fourth-order valence-corrected chi connectivity index (χ4v) is 2.43. The number of rotatable bonds is 3. The van der Waals surface area contributed by atoms with Gasteiger partial charge in [0.25, 0.3) is 0 Å². The van der Waals surface area contributed by atoms with Gasteiger partial charge in [0.2, 0.25) is 0 Å². The Bertz CT molecular complexity index is 641. The molecule has 0 saturated carbocycles. The van der Waals surface area contributed by atoms with Crippen LogP contribution in [0.4, 0.5) is 11.5 Å². The maximum absolute atomic E-state index is 6.20. The summed E-state index contributed by atoms with van der Waals surface area (Å²) in [4.78, 5) is 8.89. The summed E-state index contributed by atoms with van der Waals surface area (Å²) >= 11 is 9.66. The Morgan fingerprint density at radius 3 is 2.50 bits per heavy atom. The van der Waals surface area contributed by atoms with Crippen LogP contribution in [-0.4, -0.2) is 9.97 Å². The molecule has 0 aliphatic carbocycles. The van der Waals surface area contributed by atoms with E-state index in [1.807, 2.05) is 19.1 Å². The zero-order valence-corrected chi connectivity index (χ0v) is 14.3. The molecule has 0 amide bonds. The molecule has 1 N–H and O–H groups in total. The van der Waals surface area contributed by atoms with Crippen LogP contribution in [0.1, 0.15) is 36.7 Å². The lowest BCUT2D eigenvalue weighted by Gasteiger charge is -2.14. The van der Waals surface area contributed by atoms with Crippen molar-refractivity contribution in [3.8, 4) is 0 Å². The van der Waals surface area contributed by atoms with Crippen LogP contribution in [0.2, 0.25) is 5.15 Å². The molecule has 2 aromatic rings. The van der Waals surface area contributed by atoms with E-state index in [0.717, 1.165) is 32.9 Å². The maximum Gasteiger partial charge on any atom is 0.138 e. The zero-order chi connectivity index (χ0) is 14.9. The SMILES string of the molecule is Cc1cc(Br)ccc1Nc1nc(C(C)C)nc(Cl)c1C. The predicted octanol–water partition coefficient (Wildman–Crippen LogP) is 5.38. The first-order valence-corrected chi connectivity index (χ1v) is 7.62. The van der Waals surface area contributed by atoms with Gasteiger partial charge in [-0.3, -0.25) is 0 Å². The molecule has 0 bridgehead atoms. The molecule has 20 heavy (non-hydrogen) atoms. The van der Waals surface area contributed by atoms with E-state index in [4.69, 9.17) is 11.6 Å². The van der Waals surface area contributed by atoms with Crippen LogP contribution in [0.5, 0.6) is 0 Å². The lowest BCUT2D eigenvalue weighted by molar-refractivity contribution is 0.773. The van der Waals surface area contributed by atoms with Gasteiger partial charge in [-0.05, 0) is 37.6 Å². The largest absolute Gasteiger partial charge is 0.340 e. The van der Waals surface area contributed by atoms with Crippen molar-refractivity contribution in [2.24, 2.45) is 0 Å². The molecule has 2 rings (SSSR count). The first kappa shape index (κ1) is 15.3. The van der Waals surface area contributed by atoms with Gasteiger partial charge in [0, 0.05) is 21.6 Å². The Morgan fingerprint density at radius 2 is 1.90 bits per heavy atom. The average Bonchev–Trinajstić information content (AvgIpc) is 2.37. The summed E-state index contributed by atoms with van der Waals surface area (Å²) in [7, 11) is 0. The van der Waals surface area contributed by atoms with E-state index in [1.54, 1.807) is 0 Å². The Morgan fingerprint density at radius 1 is 1.20 bits per heavy atom. The van der Waals surface area contributed by atoms with Crippen molar-refractivity contribution in [1.29, 1.82) is 0 Å². The van der Waals surface area contributed by atoms with E-state index in [-0.39, 0.29) is 5.92 Å². The first-order valence-electron chi connectivity index (χ1n) is 6.45. The molecule has 0 spiro atoms. The fourth-order valence-electron chi connectivity index (χ4n) is 1.78. The molecule has 0 radical (unpaired) electrons. The molecule has 106 valence electrons. The second-order valence-electron chi connectivity index (χ2n) is 5.09. The average molecular weight is 355 g/mol. The Labute approximate surface area is 132 Å². The van der Waals surface area contributed by atoms with Gasteiger partial charge < -0.3 is 5.32 Å². The van der Waals surface area contributed by atoms with Crippen LogP contribution in [0.3, 0.4) is 0 Å². The second-order valence-corrected chi connectivity index (χ2v) is 6.36. The number of halogens is 2.